The number of nitrogens with zero attached hydrogens (tertiary/aromatic N) is 2. The van der Waals surface area contributed by atoms with Crippen molar-refractivity contribution in [1.82, 2.24) is 15.1 Å². The highest BCUT2D eigenvalue weighted by Crippen LogP contribution is 2.38. The van der Waals surface area contributed by atoms with Crippen molar-refractivity contribution < 1.29 is 14.7 Å². The predicted molar refractivity (Wildman–Crippen MR) is 98.6 cm³/mol. The minimum Gasteiger partial charge on any atom is -0.480 e. The van der Waals surface area contributed by atoms with Crippen molar-refractivity contribution in [3.8, 4) is 0 Å². The zero-order valence-electron chi connectivity index (χ0n) is 16.3. The van der Waals surface area contributed by atoms with Gasteiger partial charge in [-0.2, -0.15) is 0 Å². The van der Waals surface area contributed by atoms with E-state index in [4.69, 9.17) is 5.11 Å². The molecule has 144 valence electrons. The number of carbonyl (C=O) groups is 2. The Morgan fingerprint density at radius 2 is 1.96 bits per heavy atom. The molecule has 3 atom stereocenters. The summed E-state index contributed by atoms with van der Waals surface area (Å²) < 4.78 is 0. The number of carbonyl (C=O) groups excluding carboxylic acids is 1. The van der Waals surface area contributed by atoms with Gasteiger partial charge in [0.15, 0.2) is 0 Å². The normalized spacial score (nSPS) is 30.0. The van der Waals surface area contributed by atoms with E-state index in [1.807, 2.05) is 16.8 Å². The van der Waals surface area contributed by atoms with E-state index in [1.165, 1.54) is 0 Å². The summed E-state index contributed by atoms with van der Waals surface area (Å²) in [5, 5.41) is 12.2. The molecule has 0 radical (unpaired) electrons. The number of likely N-dealkylation sites (N-methyl/N-ethyl adjacent to an activating group) is 1. The fourth-order valence-corrected chi connectivity index (χ4v) is 4.48. The summed E-state index contributed by atoms with van der Waals surface area (Å²) in [5.74, 6) is -0.287. The van der Waals surface area contributed by atoms with E-state index in [1.54, 1.807) is 0 Å². The number of urea groups is 1. The molecule has 1 saturated heterocycles. The van der Waals surface area contributed by atoms with Crippen molar-refractivity contribution in [3.05, 3.63) is 0 Å². The Bertz CT molecular complexity index is 481. The van der Waals surface area contributed by atoms with Crippen LogP contribution in [0.5, 0.6) is 0 Å². The average Bonchev–Trinajstić information content (AvgIpc) is 2.75. The molecular weight excluding hydrogens is 318 g/mol. The molecule has 1 aliphatic heterocycles. The molecule has 0 aromatic rings. The van der Waals surface area contributed by atoms with Gasteiger partial charge in [-0.15, -0.1) is 0 Å². The maximum atomic E-state index is 12.7. The first kappa shape index (κ1) is 20.0. The number of carboxylic acids is 1. The van der Waals surface area contributed by atoms with Gasteiger partial charge in [0.25, 0.3) is 0 Å². The van der Waals surface area contributed by atoms with Crippen LogP contribution in [0.1, 0.15) is 59.3 Å². The molecule has 0 aromatic carbocycles. The Kier molecular flexibility index (Phi) is 6.72. The Morgan fingerprint density at radius 3 is 2.60 bits per heavy atom. The van der Waals surface area contributed by atoms with E-state index < -0.39 is 5.97 Å². The first-order valence-electron chi connectivity index (χ1n) is 9.65. The largest absolute Gasteiger partial charge is 0.480 e. The van der Waals surface area contributed by atoms with E-state index in [0.717, 1.165) is 45.1 Å². The summed E-state index contributed by atoms with van der Waals surface area (Å²) in [5.41, 5.74) is 0.380. The Labute approximate surface area is 151 Å². The SMILES string of the molecule is CC1CC(C)(C)CCC1NC(=O)N1CCCC(N(C)CC(=O)O)CC1. The highest BCUT2D eigenvalue weighted by atomic mass is 16.4. The third kappa shape index (κ3) is 5.87. The standard InChI is InChI=1S/C19H35N3O3/c1-14-12-19(2,3)9-7-16(14)20-18(25)22-10-5-6-15(8-11-22)21(4)13-17(23)24/h14-16H,5-13H2,1-4H3,(H,20,25)(H,23,24). The van der Waals surface area contributed by atoms with Crippen LogP contribution < -0.4 is 5.32 Å². The van der Waals surface area contributed by atoms with Crippen molar-refractivity contribution in [2.75, 3.05) is 26.7 Å². The summed E-state index contributed by atoms with van der Waals surface area (Å²) in [4.78, 5) is 27.4. The summed E-state index contributed by atoms with van der Waals surface area (Å²) in [6, 6.07) is 0.565. The Hall–Kier alpha value is -1.30. The number of likely N-dealkylation sites (tertiary alicyclic amines) is 1. The summed E-state index contributed by atoms with van der Waals surface area (Å²) >= 11 is 0. The van der Waals surface area contributed by atoms with Gasteiger partial charge in [0.1, 0.15) is 0 Å². The summed E-state index contributed by atoms with van der Waals surface area (Å²) in [6.07, 6.45) is 6.07. The molecular formula is C19H35N3O3. The summed E-state index contributed by atoms with van der Waals surface area (Å²) in [7, 11) is 1.86. The van der Waals surface area contributed by atoms with Gasteiger partial charge in [-0.05, 0) is 56.9 Å². The molecule has 2 N–H and O–H groups in total. The number of amides is 2. The van der Waals surface area contributed by atoms with Crippen molar-refractivity contribution >= 4 is 12.0 Å². The molecule has 3 unspecified atom stereocenters. The van der Waals surface area contributed by atoms with Gasteiger partial charge < -0.3 is 15.3 Å². The molecule has 6 nitrogen and oxygen atoms in total. The molecule has 1 heterocycles. The van der Waals surface area contributed by atoms with Gasteiger partial charge in [0.2, 0.25) is 0 Å². The van der Waals surface area contributed by atoms with Crippen LogP contribution in [0.4, 0.5) is 4.79 Å². The second-order valence-electron chi connectivity index (χ2n) is 8.82. The lowest BCUT2D eigenvalue weighted by Crippen LogP contribution is -2.50. The van der Waals surface area contributed by atoms with Gasteiger partial charge in [0, 0.05) is 25.2 Å². The van der Waals surface area contributed by atoms with Crippen LogP contribution in [-0.2, 0) is 4.79 Å². The number of aliphatic carboxylic acids is 1. The first-order valence-corrected chi connectivity index (χ1v) is 9.65. The third-order valence-corrected chi connectivity index (χ3v) is 6.00. The van der Waals surface area contributed by atoms with Crippen LogP contribution >= 0.6 is 0 Å². The monoisotopic (exact) mass is 353 g/mol. The van der Waals surface area contributed by atoms with Gasteiger partial charge >= 0.3 is 12.0 Å². The molecule has 2 fully saturated rings. The summed E-state index contributed by atoms with van der Waals surface area (Å²) in [6.45, 7) is 8.38. The van der Waals surface area contributed by atoms with Gasteiger partial charge in [0.05, 0.1) is 6.54 Å². The molecule has 2 amide bonds. The van der Waals surface area contributed by atoms with Crippen LogP contribution in [-0.4, -0.2) is 65.7 Å². The quantitative estimate of drug-likeness (QED) is 0.815. The lowest BCUT2D eigenvalue weighted by Gasteiger charge is -2.40. The molecule has 25 heavy (non-hydrogen) atoms. The van der Waals surface area contributed by atoms with Crippen LogP contribution in [0, 0.1) is 11.3 Å². The van der Waals surface area contributed by atoms with Gasteiger partial charge in [-0.1, -0.05) is 20.8 Å². The average molecular weight is 354 g/mol. The van der Waals surface area contributed by atoms with Crippen LogP contribution in [0.15, 0.2) is 0 Å². The highest BCUT2D eigenvalue weighted by Gasteiger charge is 2.34. The van der Waals surface area contributed by atoms with E-state index in [-0.39, 0.29) is 24.7 Å². The van der Waals surface area contributed by atoms with Crippen molar-refractivity contribution in [2.24, 2.45) is 11.3 Å². The topological polar surface area (TPSA) is 72.9 Å². The molecule has 2 rings (SSSR count). The molecule has 1 aliphatic carbocycles. The maximum Gasteiger partial charge on any atom is 0.317 e. The number of nitrogens with one attached hydrogen (secondary N) is 1. The second kappa shape index (κ2) is 8.39. The highest BCUT2D eigenvalue weighted by molar-refractivity contribution is 5.74. The van der Waals surface area contributed by atoms with E-state index in [9.17, 15) is 9.59 Å². The van der Waals surface area contributed by atoms with Crippen molar-refractivity contribution in [3.63, 3.8) is 0 Å². The van der Waals surface area contributed by atoms with E-state index in [2.05, 4.69) is 26.1 Å². The molecule has 0 aromatic heterocycles. The van der Waals surface area contributed by atoms with Crippen LogP contribution in [0.2, 0.25) is 0 Å². The zero-order valence-corrected chi connectivity index (χ0v) is 16.3. The van der Waals surface area contributed by atoms with Gasteiger partial charge in [-0.25, -0.2) is 4.79 Å². The number of hydrogen-bond donors (Lipinski definition) is 2. The zero-order chi connectivity index (χ0) is 18.6. The fourth-order valence-electron chi connectivity index (χ4n) is 4.48. The fraction of sp³-hybridized carbons (Fsp3) is 0.895. The molecule has 0 spiro atoms. The molecule has 6 heteroatoms. The maximum absolute atomic E-state index is 12.7. The van der Waals surface area contributed by atoms with Gasteiger partial charge in [-0.3, -0.25) is 9.69 Å². The second-order valence-corrected chi connectivity index (χ2v) is 8.82. The smallest absolute Gasteiger partial charge is 0.317 e. The molecule has 2 aliphatic rings. The van der Waals surface area contributed by atoms with E-state index in [0.29, 0.717) is 17.9 Å². The van der Waals surface area contributed by atoms with Crippen molar-refractivity contribution in [2.45, 2.75) is 71.4 Å². The third-order valence-electron chi connectivity index (χ3n) is 6.00. The minimum absolute atomic E-state index is 0.0538. The number of carboxylic acid groups (broad SMARTS) is 1. The minimum atomic E-state index is -0.796. The molecule has 0 bridgehead atoms. The van der Waals surface area contributed by atoms with Crippen molar-refractivity contribution in [1.29, 1.82) is 0 Å². The van der Waals surface area contributed by atoms with Crippen LogP contribution in [0.25, 0.3) is 0 Å². The Morgan fingerprint density at radius 1 is 1.24 bits per heavy atom. The van der Waals surface area contributed by atoms with E-state index >= 15 is 0 Å². The number of rotatable bonds is 4. The molecule has 1 saturated carbocycles. The lowest BCUT2D eigenvalue weighted by molar-refractivity contribution is -0.138. The Balaban J connectivity index is 1.83. The first-order chi connectivity index (χ1) is 11.7. The van der Waals surface area contributed by atoms with Crippen LogP contribution in [0.3, 0.4) is 0 Å². The predicted octanol–water partition coefficient (Wildman–Crippen LogP) is 2.78. The number of hydrogen-bond acceptors (Lipinski definition) is 3. The lowest BCUT2D eigenvalue weighted by atomic mass is 9.70.